The van der Waals surface area contributed by atoms with Gasteiger partial charge < -0.3 is 9.84 Å². The predicted molar refractivity (Wildman–Crippen MR) is 81.4 cm³/mol. The maximum atomic E-state index is 10.6. The van der Waals surface area contributed by atoms with Crippen molar-refractivity contribution in [1.82, 2.24) is 4.98 Å². The molecule has 0 amide bonds. The minimum absolute atomic E-state index is 0.408. The highest BCUT2D eigenvalue weighted by molar-refractivity contribution is 6.01. The van der Waals surface area contributed by atoms with Crippen LogP contribution in [-0.2, 0) is 4.79 Å². The molecule has 1 N–H and O–H groups in total. The fourth-order valence-electron chi connectivity index (χ4n) is 2.07. The zero-order valence-electron chi connectivity index (χ0n) is 13.2. The number of ether oxygens (including phenoxy) is 1. The second-order valence-electron chi connectivity index (χ2n) is 5.93. The van der Waals surface area contributed by atoms with Crippen LogP contribution in [0.4, 0.5) is 13.2 Å². The van der Waals surface area contributed by atoms with E-state index in [4.69, 9.17) is 14.6 Å². The molecular formula is C16H19F3N2O3. The van der Waals surface area contributed by atoms with E-state index in [1.807, 2.05) is 18.3 Å². The van der Waals surface area contributed by atoms with Gasteiger partial charge in [0.05, 0.1) is 0 Å². The molecule has 1 atom stereocenters. The molecule has 24 heavy (non-hydrogen) atoms. The van der Waals surface area contributed by atoms with Crippen LogP contribution in [0, 0.1) is 5.92 Å². The van der Waals surface area contributed by atoms with Gasteiger partial charge in [-0.1, -0.05) is 6.92 Å². The van der Waals surface area contributed by atoms with Gasteiger partial charge >= 0.3 is 12.1 Å². The van der Waals surface area contributed by atoms with Crippen LogP contribution in [0.25, 0.3) is 0 Å². The summed E-state index contributed by atoms with van der Waals surface area (Å²) in [6.45, 7) is 3.21. The highest BCUT2D eigenvalue weighted by atomic mass is 19.4. The second kappa shape index (κ2) is 7.63. The lowest BCUT2D eigenvalue weighted by atomic mass is 9.96. The number of aromatic nitrogens is 1. The molecule has 1 saturated carbocycles. The summed E-state index contributed by atoms with van der Waals surface area (Å²) in [5, 5.41) is 7.12. The molecule has 0 aromatic carbocycles. The fraction of sp³-hybridized carbons (Fsp3) is 0.562. The average molecular weight is 344 g/mol. The van der Waals surface area contributed by atoms with Crippen LogP contribution in [0.2, 0.25) is 0 Å². The van der Waals surface area contributed by atoms with Crippen LogP contribution >= 0.6 is 0 Å². The van der Waals surface area contributed by atoms with E-state index in [1.54, 1.807) is 0 Å². The van der Waals surface area contributed by atoms with E-state index in [1.165, 1.54) is 30.5 Å². The lowest BCUT2D eigenvalue weighted by Crippen LogP contribution is -2.21. The van der Waals surface area contributed by atoms with Crippen molar-refractivity contribution in [2.45, 2.75) is 44.9 Å². The van der Waals surface area contributed by atoms with E-state index in [0.717, 1.165) is 24.8 Å². The Labute approximate surface area is 137 Å². The fourth-order valence-corrected chi connectivity index (χ4v) is 2.07. The van der Waals surface area contributed by atoms with Gasteiger partial charge in [0, 0.05) is 30.1 Å². The van der Waals surface area contributed by atoms with Crippen LogP contribution < -0.4 is 4.74 Å². The molecule has 0 saturated heterocycles. The number of alkyl halides is 3. The summed E-state index contributed by atoms with van der Waals surface area (Å²) in [5.74, 6) is -1.28. The minimum atomic E-state index is -5.08. The number of aliphatic imine (C=N–C) groups is 1. The number of pyridine rings is 1. The van der Waals surface area contributed by atoms with Crippen LogP contribution in [0.1, 0.15) is 38.2 Å². The first kappa shape index (κ1) is 18.2. The molecule has 8 heteroatoms. The van der Waals surface area contributed by atoms with Gasteiger partial charge in [0.15, 0.2) is 0 Å². The molecule has 1 aliphatic heterocycles. The molecule has 1 unspecified atom stereocenters. The Kier molecular flexibility index (Phi) is 5.80. The van der Waals surface area contributed by atoms with E-state index in [2.05, 4.69) is 16.9 Å². The number of carbonyl (C=O) groups is 1. The van der Waals surface area contributed by atoms with Crippen molar-refractivity contribution in [3.05, 3.63) is 23.9 Å². The van der Waals surface area contributed by atoms with Gasteiger partial charge in [-0.2, -0.15) is 13.2 Å². The first-order chi connectivity index (χ1) is 11.3. The maximum absolute atomic E-state index is 10.6. The Bertz CT molecular complexity index is 613. The van der Waals surface area contributed by atoms with Crippen molar-refractivity contribution in [3.63, 3.8) is 0 Å². The normalized spacial score (nSPS) is 20.5. The topological polar surface area (TPSA) is 71.8 Å². The third kappa shape index (κ3) is 5.82. The first-order valence-electron chi connectivity index (χ1n) is 7.72. The maximum Gasteiger partial charge on any atom is 0.490 e. The highest BCUT2D eigenvalue weighted by Gasteiger charge is 2.38. The molecule has 0 bridgehead atoms. The summed E-state index contributed by atoms with van der Waals surface area (Å²) < 4.78 is 37.4. The van der Waals surface area contributed by atoms with Crippen molar-refractivity contribution < 1.29 is 27.8 Å². The zero-order valence-corrected chi connectivity index (χ0v) is 13.2. The summed E-state index contributed by atoms with van der Waals surface area (Å²) in [5.41, 5.74) is 2.40. The monoisotopic (exact) mass is 344 g/mol. The standard InChI is InChI=1S/C14H18N2O.C2HF3O2/c1-10-2-5-13(16-9-10)11-6-7-15-14(8-11)17-12-3-4-12;3-2(4,5)1(6)7/h6-8,10,12H,2-5,9H2,1H3;(H,6,7). The van der Waals surface area contributed by atoms with Crippen molar-refractivity contribution in [1.29, 1.82) is 0 Å². The highest BCUT2D eigenvalue weighted by Crippen LogP contribution is 2.26. The lowest BCUT2D eigenvalue weighted by Gasteiger charge is -2.17. The Morgan fingerprint density at radius 1 is 1.33 bits per heavy atom. The number of aliphatic carboxylic acids is 1. The average Bonchev–Trinajstić information content (AvgIpc) is 3.32. The van der Waals surface area contributed by atoms with Gasteiger partial charge in [0.2, 0.25) is 5.88 Å². The van der Waals surface area contributed by atoms with Crippen LogP contribution in [0.5, 0.6) is 5.88 Å². The summed E-state index contributed by atoms with van der Waals surface area (Å²) >= 11 is 0. The van der Waals surface area contributed by atoms with Crippen molar-refractivity contribution in [2.24, 2.45) is 10.9 Å². The summed E-state index contributed by atoms with van der Waals surface area (Å²) in [6, 6.07) is 4.07. The van der Waals surface area contributed by atoms with Crippen LogP contribution in [0.3, 0.4) is 0 Å². The molecule has 1 fully saturated rings. The van der Waals surface area contributed by atoms with Crippen molar-refractivity contribution in [2.75, 3.05) is 6.54 Å². The van der Waals surface area contributed by atoms with Crippen LogP contribution in [0.15, 0.2) is 23.3 Å². The molecule has 1 aliphatic carbocycles. The third-order valence-corrected chi connectivity index (χ3v) is 3.59. The number of rotatable bonds is 3. The summed E-state index contributed by atoms with van der Waals surface area (Å²) in [4.78, 5) is 17.8. The Balaban J connectivity index is 0.000000256. The minimum Gasteiger partial charge on any atom is -0.475 e. The SMILES string of the molecule is CC1CCC(c2ccnc(OC3CC3)c2)=NC1.O=C(O)C(F)(F)F. The lowest BCUT2D eigenvalue weighted by molar-refractivity contribution is -0.192. The number of hydrogen-bond acceptors (Lipinski definition) is 4. The van der Waals surface area contributed by atoms with Gasteiger partial charge in [-0.3, -0.25) is 4.99 Å². The first-order valence-corrected chi connectivity index (χ1v) is 7.72. The molecular weight excluding hydrogens is 325 g/mol. The quantitative estimate of drug-likeness (QED) is 0.911. The predicted octanol–water partition coefficient (Wildman–Crippen LogP) is 3.48. The van der Waals surface area contributed by atoms with E-state index < -0.39 is 12.1 Å². The molecule has 0 spiro atoms. The third-order valence-electron chi connectivity index (χ3n) is 3.59. The number of nitrogens with zero attached hydrogens (tertiary/aromatic N) is 2. The smallest absolute Gasteiger partial charge is 0.475 e. The molecule has 3 rings (SSSR count). The van der Waals surface area contributed by atoms with E-state index in [9.17, 15) is 13.2 Å². The number of carboxylic acids is 1. The molecule has 1 aromatic rings. The molecule has 5 nitrogen and oxygen atoms in total. The Morgan fingerprint density at radius 2 is 2.00 bits per heavy atom. The second-order valence-corrected chi connectivity index (χ2v) is 5.93. The molecule has 1 aromatic heterocycles. The Hall–Kier alpha value is -2.12. The van der Waals surface area contributed by atoms with Crippen molar-refractivity contribution in [3.8, 4) is 5.88 Å². The van der Waals surface area contributed by atoms with E-state index >= 15 is 0 Å². The van der Waals surface area contributed by atoms with Gasteiger partial charge in [0.1, 0.15) is 6.10 Å². The van der Waals surface area contributed by atoms with Gasteiger partial charge in [-0.15, -0.1) is 0 Å². The van der Waals surface area contributed by atoms with Gasteiger partial charge in [0.25, 0.3) is 0 Å². The van der Waals surface area contributed by atoms with E-state index in [0.29, 0.717) is 6.10 Å². The van der Waals surface area contributed by atoms with Crippen molar-refractivity contribution >= 4 is 11.7 Å². The van der Waals surface area contributed by atoms with Crippen LogP contribution in [-0.4, -0.2) is 40.6 Å². The van der Waals surface area contributed by atoms with E-state index in [-0.39, 0.29) is 0 Å². The number of halogens is 3. The number of hydrogen-bond donors (Lipinski definition) is 1. The summed E-state index contributed by atoms with van der Waals surface area (Å²) in [6.07, 6.45) is 1.81. The van der Waals surface area contributed by atoms with Gasteiger partial charge in [-0.05, 0) is 37.7 Å². The Morgan fingerprint density at radius 3 is 2.50 bits per heavy atom. The zero-order chi connectivity index (χ0) is 17.7. The molecule has 2 aliphatic rings. The summed E-state index contributed by atoms with van der Waals surface area (Å²) in [7, 11) is 0. The molecule has 0 radical (unpaired) electrons. The molecule has 132 valence electrons. The number of carboxylic acid groups (broad SMARTS) is 1. The largest absolute Gasteiger partial charge is 0.490 e. The molecule has 2 heterocycles. The van der Waals surface area contributed by atoms with Gasteiger partial charge in [-0.25, -0.2) is 9.78 Å².